The van der Waals surface area contributed by atoms with E-state index in [1.165, 1.54) is 28.5 Å². The summed E-state index contributed by atoms with van der Waals surface area (Å²) in [6.45, 7) is 2.02. The lowest BCUT2D eigenvalue weighted by atomic mass is 10.2. The van der Waals surface area contributed by atoms with Gasteiger partial charge in [-0.2, -0.15) is 0 Å². The van der Waals surface area contributed by atoms with Crippen LogP contribution in [-0.2, 0) is 10.5 Å². The normalized spacial score (nSPS) is 11.0. The van der Waals surface area contributed by atoms with Gasteiger partial charge in [-0.1, -0.05) is 53.4 Å². The van der Waals surface area contributed by atoms with Crippen molar-refractivity contribution in [2.24, 2.45) is 0 Å². The zero-order valence-corrected chi connectivity index (χ0v) is 15.4. The van der Waals surface area contributed by atoms with E-state index < -0.39 is 0 Å². The molecule has 1 aromatic carbocycles. The molecular formula is C17H15N3OS3. The van der Waals surface area contributed by atoms with Crippen LogP contribution >= 0.6 is 34.4 Å². The Balaban J connectivity index is 1.53. The maximum atomic E-state index is 11.9. The summed E-state index contributed by atoms with van der Waals surface area (Å²) in [6, 6.07) is 12.2. The van der Waals surface area contributed by atoms with Gasteiger partial charge >= 0.3 is 0 Å². The molecule has 0 aliphatic carbocycles. The van der Waals surface area contributed by atoms with Crippen LogP contribution in [0.2, 0.25) is 0 Å². The molecular weight excluding hydrogens is 358 g/mol. The topological polar surface area (TPSA) is 54.9 Å². The van der Waals surface area contributed by atoms with Crippen molar-refractivity contribution < 1.29 is 4.79 Å². The third-order valence-electron chi connectivity index (χ3n) is 3.13. The SMILES string of the molecule is Cc1ccsc1/C=C\C(=O)Nc1nnc(SCc2ccccc2)s1. The number of nitrogens with one attached hydrogen (secondary N) is 1. The molecule has 0 fully saturated rings. The van der Waals surface area contributed by atoms with E-state index >= 15 is 0 Å². The number of thiophene rings is 1. The Hall–Kier alpha value is -1.96. The molecule has 1 N–H and O–H groups in total. The Morgan fingerprint density at radius 2 is 2.08 bits per heavy atom. The van der Waals surface area contributed by atoms with Gasteiger partial charge in [0.15, 0.2) is 4.34 Å². The Morgan fingerprint density at radius 1 is 1.25 bits per heavy atom. The van der Waals surface area contributed by atoms with Gasteiger partial charge in [0.1, 0.15) is 0 Å². The van der Waals surface area contributed by atoms with E-state index in [9.17, 15) is 4.79 Å². The molecule has 122 valence electrons. The number of carbonyl (C=O) groups excluding carboxylic acids is 1. The summed E-state index contributed by atoms with van der Waals surface area (Å²) in [5.74, 6) is 0.639. The smallest absolute Gasteiger partial charge is 0.250 e. The van der Waals surface area contributed by atoms with Crippen molar-refractivity contribution in [3.63, 3.8) is 0 Å². The largest absolute Gasteiger partial charge is 0.297 e. The average Bonchev–Trinajstić information content (AvgIpc) is 3.21. The van der Waals surface area contributed by atoms with Crippen LogP contribution in [0.25, 0.3) is 6.08 Å². The second kappa shape index (κ2) is 8.23. The monoisotopic (exact) mass is 373 g/mol. The molecule has 0 aliphatic heterocycles. The number of aryl methyl sites for hydroxylation is 1. The number of anilines is 1. The van der Waals surface area contributed by atoms with Crippen molar-refractivity contribution in [1.82, 2.24) is 10.2 Å². The molecule has 0 bridgehead atoms. The van der Waals surface area contributed by atoms with E-state index in [4.69, 9.17) is 0 Å². The summed E-state index contributed by atoms with van der Waals surface area (Å²) < 4.78 is 0.840. The molecule has 0 aliphatic rings. The molecule has 3 rings (SSSR count). The predicted octanol–water partition coefficient (Wildman–Crippen LogP) is 4.85. The van der Waals surface area contributed by atoms with Crippen molar-refractivity contribution in [3.8, 4) is 0 Å². The molecule has 0 atom stereocenters. The maximum Gasteiger partial charge on any atom is 0.250 e. The molecule has 2 heterocycles. The molecule has 7 heteroatoms. The Bertz CT molecular complexity index is 840. The van der Waals surface area contributed by atoms with Gasteiger partial charge < -0.3 is 0 Å². The lowest BCUT2D eigenvalue weighted by Gasteiger charge is -1.97. The molecule has 0 radical (unpaired) electrons. The lowest BCUT2D eigenvalue weighted by Crippen LogP contribution is -2.07. The van der Waals surface area contributed by atoms with Crippen LogP contribution in [-0.4, -0.2) is 16.1 Å². The van der Waals surface area contributed by atoms with Crippen LogP contribution in [0.1, 0.15) is 16.0 Å². The third-order valence-corrected chi connectivity index (χ3v) is 6.16. The fraction of sp³-hybridized carbons (Fsp3) is 0.118. The van der Waals surface area contributed by atoms with Crippen LogP contribution in [0, 0.1) is 6.92 Å². The average molecular weight is 374 g/mol. The van der Waals surface area contributed by atoms with Crippen molar-refractivity contribution in [2.75, 3.05) is 5.32 Å². The van der Waals surface area contributed by atoms with E-state index in [-0.39, 0.29) is 5.91 Å². The molecule has 0 saturated carbocycles. The first-order chi connectivity index (χ1) is 11.7. The highest BCUT2D eigenvalue weighted by atomic mass is 32.2. The van der Waals surface area contributed by atoms with E-state index in [0.29, 0.717) is 5.13 Å². The molecule has 0 unspecified atom stereocenters. The van der Waals surface area contributed by atoms with Crippen LogP contribution in [0.5, 0.6) is 0 Å². The summed E-state index contributed by atoms with van der Waals surface area (Å²) in [7, 11) is 0. The number of hydrogen-bond donors (Lipinski definition) is 1. The second-order valence-corrected chi connectivity index (χ2v) is 8.09. The van der Waals surface area contributed by atoms with Crippen LogP contribution < -0.4 is 5.32 Å². The minimum absolute atomic E-state index is 0.196. The van der Waals surface area contributed by atoms with Gasteiger partial charge in [0.05, 0.1) is 0 Å². The number of benzene rings is 1. The first-order valence-electron chi connectivity index (χ1n) is 7.24. The fourth-order valence-corrected chi connectivity index (χ4v) is 4.42. The van der Waals surface area contributed by atoms with Gasteiger partial charge in [0, 0.05) is 16.7 Å². The second-order valence-electron chi connectivity index (χ2n) is 4.94. The summed E-state index contributed by atoms with van der Waals surface area (Å²) in [5.41, 5.74) is 2.40. The minimum Gasteiger partial charge on any atom is -0.297 e. The third kappa shape index (κ3) is 4.77. The van der Waals surface area contributed by atoms with Gasteiger partial charge in [-0.05, 0) is 35.6 Å². The number of rotatable bonds is 6. The molecule has 24 heavy (non-hydrogen) atoms. The van der Waals surface area contributed by atoms with Gasteiger partial charge in [-0.3, -0.25) is 10.1 Å². The molecule has 3 aromatic rings. The number of hydrogen-bond acceptors (Lipinski definition) is 6. The summed E-state index contributed by atoms with van der Waals surface area (Å²) >= 11 is 4.61. The molecule has 0 saturated heterocycles. The van der Waals surface area contributed by atoms with E-state index in [2.05, 4.69) is 27.6 Å². The van der Waals surface area contributed by atoms with Crippen molar-refractivity contribution >= 4 is 51.6 Å². The Morgan fingerprint density at radius 3 is 2.83 bits per heavy atom. The highest BCUT2D eigenvalue weighted by Gasteiger charge is 2.07. The van der Waals surface area contributed by atoms with Crippen molar-refractivity contribution in [3.05, 3.63) is 63.9 Å². The minimum atomic E-state index is -0.196. The fourth-order valence-electron chi connectivity index (χ4n) is 1.89. The quantitative estimate of drug-likeness (QED) is 0.381. The van der Waals surface area contributed by atoms with Crippen LogP contribution in [0.4, 0.5) is 5.13 Å². The number of carbonyl (C=O) groups is 1. The molecule has 2 aromatic heterocycles. The van der Waals surface area contributed by atoms with Crippen LogP contribution in [0.15, 0.2) is 52.2 Å². The molecule has 0 spiro atoms. The highest BCUT2D eigenvalue weighted by molar-refractivity contribution is 8.00. The van der Waals surface area contributed by atoms with Gasteiger partial charge in [0.2, 0.25) is 11.0 Å². The molecule has 4 nitrogen and oxygen atoms in total. The predicted molar refractivity (Wildman–Crippen MR) is 103 cm³/mol. The number of aromatic nitrogens is 2. The zero-order chi connectivity index (χ0) is 16.8. The zero-order valence-electron chi connectivity index (χ0n) is 12.9. The first-order valence-corrected chi connectivity index (χ1v) is 9.92. The number of thioether (sulfide) groups is 1. The molecule has 1 amide bonds. The lowest BCUT2D eigenvalue weighted by molar-refractivity contribution is -0.111. The number of nitrogens with zero attached hydrogens (tertiary/aromatic N) is 2. The highest BCUT2D eigenvalue weighted by Crippen LogP contribution is 2.28. The summed E-state index contributed by atoms with van der Waals surface area (Å²) in [6.07, 6.45) is 3.35. The Labute approximate surface area is 152 Å². The van der Waals surface area contributed by atoms with Crippen molar-refractivity contribution in [1.29, 1.82) is 0 Å². The summed E-state index contributed by atoms with van der Waals surface area (Å²) in [5, 5.41) is 13.4. The van der Waals surface area contributed by atoms with Gasteiger partial charge in [-0.15, -0.1) is 21.5 Å². The van der Waals surface area contributed by atoms with Gasteiger partial charge in [0.25, 0.3) is 0 Å². The maximum absolute atomic E-state index is 11.9. The van der Waals surface area contributed by atoms with Crippen LogP contribution in [0.3, 0.4) is 0 Å². The van der Waals surface area contributed by atoms with Gasteiger partial charge in [-0.25, -0.2) is 0 Å². The van der Waals surface area contributed by atoms with E-state index in [0.717, 1.165) is 15.0 Å². The van der Waals surface area contributed by atoms with E-state index in [1.54, 1.807) is 23.1 Å². The van der Waals surface area contributed by atoms with E-state index in [1.807, 2.05) is 42.6 Å². The first kappa shape index (κ1) is 16.9. The summed E-state index contributed by atoms with van der Waals surface area (Å²) in [4.78, 5) is 13.0. The van der Waals surface area contributed by atoms with Crippen molar-refractivity contribution in [2.45, 2.75) is 17.0 Å². The number of amides is 1. The standard InChI is InChI=1S/C17H15N3OS3/c1-12-9-10-22-14(12)7-8-15(21)18-16-19-20-17(24-16)23-11-13-5-3-2-4-6-13/h2-10H,11H2,1H3,(H,18,19,21)/b8-7-. The Kier molecular flexibility index (Phi) is 5.79.